The minimum absolute atomic E-state index is 0. The predicted molar refractivity (Wildman–Crippen MR) is 65.2 cm³/mol. The van der Waals surface area contributed by atoms with Crippen molar-refractivity contribution in [1.82, 2.24) is 0 Å². The van der Waals surface area contributed by atoms with Crippen LogP contribution in [0.2, 0.25) is 0 Å². The maximum absolute atomic E-state index is 11.2. The van der Waals surface area contributed by atoms with E-state index in [-0.39, 0.29) is 59.1 Å². The molecule has 0 fully saturated rings. The molecule has 102 valence electrons. The van der Waals surface area contributed by atoms with Crippen LogP contribution in [-0.2, 0) is 9.59 Å². The second-order valence-electron chi connectivity index (χ2n) is 3.48. The van der Waals surface area contributed by atoms with Crippen LogP contribution < -0.4 is 69.3 Å². The van der Waals surface area contributed by atoms with Gasteiger partial charge < -0.3 is 19.8 Å². The molecule has 0 aliphatic heterocycles. The van der Waals surface area contributed by atoms with E-state index < -0.39 is 30.4 Å². The minimum atomic E-state index is -3.05. The summed E-state index contributed by atoms with van der Waals surface area (Å²) >= 11 is 34.1. The minimum Gasteiger partial charge on any atom is -0.548 e. The van der Waals surface area contributed by atoms with Gasteiger partial charge in [0.1, 0.15) is 9.75 Å². The van der Waals surface area contributed by atoms with E-state index in [0.717, 1.165) is 6.08 Å². The van der Waals surface area contributed by atoms with Crippen molar-refractivity contribution in [2.75, 3.05) is 0 Å². The Bertz CT molecular complexity index is 456. The SMILES string of the molecule is O=C([O-])C1(Cl)C=CC(Cl)(Cl)C(Cl)(Cl)C1(Cl)C(=O)[O-].[Na+].[Na+]. The van der Waals surface area contributed by atoms with Gasteiger partial charge in [-0.2, -0.15) is 0 Å². The number of halogens is 6. The van der Waals surface area contributed by atoms with Crippen molar-refractivity contribution in [2.45, 2.75) is 18.4 Å². The van der Waals surface area contributed by atoms with Gasteiger partial charge in [-0.1, -0.05) is 52.5 Å². The molecule has 0 heterocycles. The monoisotopic (exact) mass is 418 g/mol. The third kappa shape index (κ3) is 3.28. The molecule has 0 saturated heterocycles. The Labute approximate surface area is 188 Å². The average molecular weight is 421 g/mol. The summed E-state index contributed by atoms with van der Waals surface area (Å²) in [4.78, 5) is 16.3. The quantitative estimate of drug-likeness (QED) is 0.253. The smallest absolute Gasteiger partial charge is 0.548 e. The van der Waals surface area contributed by atoms with Crippen LogP contribution in [0, 0.1) is 0 Å². The zero-order valence-electron chi connectivity index (χ0n) is 10.1. The third-order valence-electron chi connectivity index (χ3n) is 2.45. The summed E-state index contributed by atoms with van der Waals surface area (Å²) in [6, 6.07) is 0. The topological polar surface area (TPSA) is 80.3 Å². The second kappa shape index (κ2) is 7.54. The van der Waals surface area contributed by atoms with Gasteiger partial charge in [0, 0.05) is 0 Å². The van der Waals surface area contributed by atoms with Gasteiger partial charge in [-0.15, -0.1) is 23.2 Å². The summed E-state index contributed by atoms with van der Waals surface area (Å²) < 4.78 is -4.90. The van der Waals surface area contributed by atoms with Gasteiger partial charge in [0.25, 0.3) is 0 Å². The maximum atomic E-state index is 11.2. The van der Waals surface area contributed by atoms with Crippen LogP contribution in [0.1, 0.15) is 0 Å². The molecule has 1 rings (SSSR count). The largest absolute Gasteiger partial charge is 1.00 e. The Hall–Kier alpha value is 2.42. The number of hydrogen-bond donors (Lipinski definition) is 0. The molecule has 1 aliphatic carbocycles. The molecule has 0 saturated carbocycles. The van der Waals surface area contributed by atoms with Gasteiger partial charge in [0.05, 0.1) is 11.9 Å². The normalized spacial score (nSPS) is 33.5. The summed E-state index contributed by atoms with van der Waals surface area (Å²) in [6.07, 6.45) is 1.44. The Balaban J connectivity index is 0. The van der Waals surface area contributed by atoms with Crippen molar-refractivity contribution in [1.29, 1.82) is 0 Å². The van der Waals surface area contributed by atoms with E-state index in [2.05, 4.69) is 0 Å². The molecule has 2 atom stereocenters. The van der Waals surface area contributed by atoms with E-state index in [4.69, 9.17) is 69.6 Å². The molecule has 1 aliphatic rings. The van der Waals surface area contributed by atoms with E-state index in [1.165, 1.54) is 0 Å². The molecule has 4 nitrogen and oxygen atoms in total. The van der Waals surface area contributed by atoms with Gasteiger partial charge in [-0.25, -0.2) is 0 Å². The van der Waals surface area contributed by atoms with Crippen LogP contribution in [0.3, 0.4) is 0 Å². The van der Waals surface area contributed by atoms with Crippen molar-refractivity contribution < 1.29 is 78.9 Å². The Morgan fingerprint density at radius 3 is 1.50 bits per heavy atom. The van der Waals surface area contributed by atoms with Crippen molar-refractivity contribution in [3.8, 4) is 0 Å². The molecule has 12 heteroatoms. The maximum Gasteiger partial charge on any atom is 1.00 e. The van der Waals surface area contributed by atoms with Crippen molar-refractivity contribution in [3.05, 3.63) is 12.2 Å². The van der Waals surface area contributed by atoms with E-state index in [9.17, 15) is 19.8 Å². The molecule has 0 aromatic heterocycles. The number of carbonyl (C=O) groups is 2. The first-order valence-corrected chi connectivity index (χ1v) is 6.38. The summed E-state index contributed by atoms with van der Waals surface area (Å²) in [7, 11) is 0. The summed E-state index contributed by atoms with van der Waals surface area (Å²) in [6.45, 7) is 0. The molecule has 20 heavy (non-hydrogen) atoms. The van der Waals surface area contributed by atoms with Crippen LogP contribution in [0.5, 0.6) is 0 Å². The molecular weight excluding hydrogens is 419 g/mol. The summed E-state index contributed by atoms with van der Waals surface area (Å²) in [5.41, 5.74) is 0. The second-order valence-corrected chi connectivity index (χ2v) is 7.35. The van der Waals surface area contributed by atoms with E-state index in [1.807, 2.05) is 0 Å². The zero-order chi connectivity index (χ0) is 14.6. The Morgan fingerprint density at radius 2 is 1.20 bits per heavy atom. The number of hydrogen-bond acceptors (Lipinski definition) is 4. The predicted octanol–water partition coefficient (Wildman–Crippen LogP) is -5.63. The zero-order valence-corrected chi connectivity index (χ0v) is 18.6. The van der Waals surface area contributed by atoms with Gasteiger partial charge in [-0.05, 0) is 6.08 Å². The van der Waals surface area contributed by atoms with E-state index in [1.54, 1.807) is 0 Å². The number of carboxylic acid groups (broad SMARTS) is 2. The number of allylic oxidation sites excluding steroid dienone is 1. The number of carbonyl (C=O) groups excluding carboxylic acids is 2. The Morgan fingerprint density at radius 1 is 0.800 bits per heavy atom. The van der Waals surface area contributed by atoms with Crippen molar-refractivity contribution >= 4 is 81.5 Å². The first-order valence-electron chi connectivity index (χ1n) is 4.11. The molecule has 0 aromatic carbocycles. The molecule has 0 radical (unpaired) electrons. The van der Waals surface area contributed by atoms with Crippen molar-refractivity contribution in [2.24, 2.45) is 0 Å². The first kappa shape index (κ1) is 24.7. The Kier molecular flexibility index (Phi) is 9.30. The molecule has 0 amide bonds. The van der Waals surface area contributed by atoms with Crippen LogP contribution in [0.4, 0.5) is 0 Å². The van der Waals surface area contributed by atoms with Crippen LogP contribution in [0.25, 0.3) is 0 Å². The number of carboxylic acids is 2. The number of aliphatic carboxylic acids is 2. The van der Waals surface area contributed by atoms with Crippen LogP contribution in [-0.4, -0.2) is 30.4 Å². The van der Waals surface area contributed by atoms with Crippen LogP contribution in [0.15, 0.2) is 12.2 Å². The summed E-state index contributed by atoms with van der Waals surface area (Å²) in [5, 5.41) is 22.2. The molecular formula is C8H2Cl6Na2O4. The van der Waals surface area contributed by atoms with Gasteiger partial charge in [-0.3, -0.25) is 0 Å². The molecule has 0 N–H and O–H groups in total. The van der Waals surface area contributed by atoms with Gasteiger partial charge in [0.15, 0.2) is 8.67 Å². The first-order chi connectivity index (χ1) is 7.84. The fourth-order valence-corrected chi connectivity index (χ4v) is 3.13. The standard InChI is InChI=1S/C8H4Cl6O4.2Na/c9-5(3(15)16)1-2-6(10,11)8(13,14)7(5,12)4(17)18;;/h1-2H,(H,15,16)(H,17,18);;/q;2*+1/p-2. The van der Waals surface area contributed by atoms with E-state index in [0.29, 0.717) is 6.08 Å². The summed E-state index contributed by atoms with van der Waals surface area (Å²) in [5.74, 6) is -4.21. The average Bonchev–Trinajstić information content (AvgIpc) is 2.21. The number of rotatable bonds is 2. The molecule has 0 aromatic rings. The van der Waals surface area contributed by atoms with E-state index >= 15 is 0 Å². The van der Waals surface area contributed by atoms with Gasteiger partial charge in [0.2, 0.25) is 0 Å². The fraction of sp³-hybridized carbons (Fsp3) is 0.500. The molecule has 0 spiro atoms. The van der Waals surface area contributed by atoms with Crippen molar-refractivity contribution in [3.63, 3.8) is 0 Å². The third-order valence-corrected chi connectivity index (χ3v) is 6.41. The van der Waals surface area contributed by atoms with Gasteiger partial charge >= 0.3 is 59.1 Å². The molecule has 2 unspecified atom stereocenters. The van der Waals surface area contributed by atoms with Crippen LogP contribution >= 0.6 is 69.6 Å². The fourth-order valence-electron chi connectivity index (χ4n) is 1.38. The molecule has 0 bridgehead atoms. The number of alkyl halides is 6.